The van der Waals surface area contributed by atoms with Gasteiger partial charge in [-0.2, -0.15) is 0 Å². The Bertz CT molecular complexity index is 402. The molecule has 0 fully saturated rings. The van der Waals surface area contributed by atoms with Gasteiger partial charge in [-0.05, 0) is 6.07 Å². The Morgan fingerprint density at radius 1 is 1.67 bits per heavy atom. The van der Waals surface area contributed by atoms with Crippen LogP contribution in [0.5, 0.6) is 0 Å². The van der Waals surface area contributed by atoms with Crippen LogP contribution in [-0.4, -0.2) is 10.9 Å². The van der Waals surface area contributed by atoms with E-state index in [0.717, 1.165) is 4.70 Å². The molecule has 0 spiro atoms. The van der Waals surface area contributed by atoms with Crippen molar-refractivity contribution in [3.05, 3.63) is 29.3 Å². The topological polar surface area (TPSA) is 56.0 Å². The minimum Gasteiger partial charge on any atom is -0.364 e. The van der Waals surface area contributed by atoms with E-state index in [2.05, 4.69) is 11.1 Å². The predicted octanol–water partition coefficient (Wildman–Crippen LogP) is 1.20. The highest BCUT2D eigenvalue weighted by Gasteiger charge is 2.06. The molecule has 0 unspecified atom stereocenters. The van der Waals surface area contributed by atoms with Gasteiger partial charge in [0.1, 0.15) is 0 Å². The SMILES string of the molecule is NC(=O)c1nc2[c]cccc2s1. The van der Waals surface area contributed by atoms with Crippen molar-refractivity contribution in [2.75, 3.05) is 0 Å². The Morgan fingerprint density at radius 2 is 2.50 bits per heavy atom. The number of rotatable bonds is 1. The number of hydrogen-bond acceptors (Lipinski definition) is 3. The predicted molar refractivity (Wildman–Crippen MR) is 47.0 cm³/mol. The molecule has 1 aromatic heterocycles. The third kappa shape index (κ3) is 1.06. The second-order valence-corrected chi connectivity index (χ2v) is 3.30. The normalized spacial score (nSPS) is 10.3. The first-order valence-electron chi connectivity index (χ1n) is 3.34. The van der Waals surface area contributed by atoms with Gasteiger partial charge in [0.2, 0.25) is 0 Å². The van der Waals surface area contributed by atoms with E-state index in [-0.39, 0.29) is 0 Å². The lowest BCUT2D eigenvalue weighted by Crippen LogP contribution is -2.09. The summed E-state index contributed by atoms with van der Waals surface area (Å²) in [7, 11) is 0. The molecule has 1 radical (unpaired) electrons. The molecular weight excluding hydrogens is 172 g/mol. The lowest BCUT2D eigenvalue weighted by Gasteiger charge is -1.80. The number of nitrogens with two attached hydrogens (primary N) is 1. The Labute approximate surface area is 72.8 Å². The summed E-state index contributed by atoms with van der Waals surface area (Å²) in [5.74, 6) is -0.482. The fourth-order valence-electron chi connectivity index (χ4n) is 0.916. The molecule has 2 aromatic rings. The first-order chi connectivity index (χ1) is 5.77. The first kappa shape index (κ1) is 7.24. The molecule has 0 saturated heterocycles. The smallest absolute Gasteiger partial charge is 0.277 e. The van der Waals surface area contributed by atoms with Gasteiger partial charge >= 0.3 is 0 Å². The van der Waals surface area contributed by atoms with E-state index in [9.17, 15) is 4.79 Å². The highest BCUT2D eigenvalue weighted by atomic mass is 32.1. The molecular formula is C8H5N2OS. The van der Waals surface area contributed by atoms with Crippen molar-refractivity contribution in [1.82, 2.24) is 4.98 Å². The van der Waals surface area contributed by atoms with Gasteiger partial charge in [-0.1, -0.05) is 12.1 Å². The van der Waals surface area contributed by atoms with Gasteiger partial charge in [0.05, 0.1) is 10.2 Å². The Balaban J connectivity index is 2.70. The molecule has 12 heavy (non-hydrogen) atoms. The monoisotopic (exact) mass is 177 g/mol. The molecule has 2 rings (SSSR count). The van der Waals surface area contributed by atoms with Gasteiger partial charge in [-0.3, -0.25) is 4.79 Å². The fourth-order valence-corrected chi connectivity index (χ4v) is 1.71. The minimum absolute atomic E-state index is 0.340. The minimum atomic E-state index is -0.482. The lowest BCUT2D eigenvalue weighted by atomic mass is 10.3. The lowest BCUT2D eigenvalue weighted by molar-refractivity contribution is 0.1000. The van der Waals surface area contributed by atoms with Gasteiger partial charge in [-0.25, -0.2) is 4.98 Å². The third-order valence-electron chi connectivity index (χ3n) is 1.43. The van der Waals surface area contributed by atoms with Gasteiger partial charge in [-0.15, -0.1) is 11.3 Å². The number of hydrogen-bond donors (Lipinski definition) is 1. The summed E-state index contributed by atoms with van der Waals surface area (Å²) in [5.41, 5.74) is 5.78. The number of nitrogens with zero attached hydrogens (tertiary/aromatic N) is 1. The fraction of sp³-hybridized carbons (Fsp3) is 0. The summed E-state index contributed by atoms with van der Waals surface area (Å²) in [6.07, 6.45) is 0. The van der Waals surface area contributed by atoms with Gasteiger partial charge < -0.3 is 5.73 Å². The van der Waals surface area contributed by atoms with Crippen LogP contribution in [0.1, 0.15) is 9.80 Å². The molecule has 0 aliphatic carbocycles. The number of fused-ring (bicyclic) bond motifs is 1. The Hall–Kier alpha value is -1.42. The van der Waals surface area contributed by atoms with Crippen LogP contribution in [0.4, 0.5) is 0 Å². The van der Waals surface area contributed by atoms with Gasteiger partial charge in [0, 0.05) is 6.07 Å². The molecule has 0 atom stereocenters. The molecule has 1 amide bonds. The molecule has 0 aliphatic heterocycles. The molecule has 1 heterocycles. The third-order valence-corrected chi connectivity index (χ3v) is 2.46. The maximum absolute atomic E-state index is 10.7. The van der Waals surface area contributed by atoms with E-state index >= 15 is 0 Å². The van der Waals surface area contributed by atoms with Gasteiger partial charge in [0.25, 0.3) is 5.91 Å². The second-order valence-electron chi connectivity index (χ2n) is 2.27. The number of carbonyl (C=O) groups excluding carboxylic acids is 1. The van der Waals surface area contributed by atoms with Crippen LogP contribution in [0.25, 0.3) is 10.2 Å². The maximum atomic E-state index is 10.7. The summed E-state index contributed by atoms with van der Waals surface area (Å²) in [6, 6.07) is 8.41. The number of benzene rings is 1. The highest BCUT2D eigenvalue weighted by Crippen LogP contribution is 2.20. The zero-order valence-corrected chi connectivity index (χ0v) is 6.89. The number of thiazole rings is 1. The maximum Gasteiger partial charge on any atom is 0.277 e. The molecule has 0 bridgehead atoms. The van der Waals surface area contributed by atoms with Crippen molar-refractivity contribution in [3.8, 4) is 0 Å². The van der Waals surface area contributed by atoms with E-state index < -0.39 is 5.91 Å². The highest BCUT2D eigenvalue weighted by molar-refractivity contribution is 7.20. The van der Waals surface area contributed by atoms with Crippen molar-refractivity contribution in [1.29, 1.82) is 0 Å². The van der Waals surface area contributed by atoms with E-state index in [1.54, 1.807) is 6.07 Å². The zero-order chi connectivity index (χ0) is 8.55. The van der Waals surface area contributed by atoms with Crippen LogP contribution < -0.4 is 5.73 Å². The molecule has 0 aliphatic rings. The van der Waals surface area contributed by atoms with E-state index in [0.29, 0.717) is 10.5 Å². The summed E-state index contributed by atoms with van der Waals surface area (Å²) < 4.78 is 0.936. The largest absolute Gasteiger partial charge is 0.364 e. The number of carbonyl (C=O) groups is 1. The summed E-state index contributed by atoms with van der Waals surface area (Å²) >= 11 is 1.29. The Kier molecular flexibility index (Phi) is 1.55. The first-order valence-corrected chi connectivity index (χ1v) is 4.16. The van der Waals surface area contributed by atoms with Crippen molar-refractivity contribution < 1.29 is 4.79 Å². The quantitative estimate of drug-likeness (QED) is 0.711. The van der Waals surface area contributed by atoms with Gasteiger partial charge in [0.15, 0.2) is 5.01 Å². The van der Waals surface area contributed by atoms with E-state index in [1.807, 2.05) is 12.1 Å². The summed E-state index contributed by atoms with van der Waals surface area (Å²) in [5, 5.41) is 0.340. The van der Waals surface area contributed by atoms with Crippen LogP contribution >= 0.6 is 11.3 Å². The number of amides is 1. The number of primary amides is 1. The van der Waals surface area contributed by atoms with Crippen LogP contribution in [0.2, 0.25) is 0 Å². The van der Waals surface area contributed by atoms with Crippen molar-refractivity contribution in [3.63, 3.8) is 0 Å². The molecule has 4 heteroatoms. The van der Waals surface area contributed by atoms with Crippen LogP contribution in [0.3, 0.4) is 0 Å². The molecule has 0 saturated carbocycles. The molecule has 3 nitrogen and oxygen atoms in total. The van der Waals surface area contributed by atoms with E-state index in [4.69, 9.17) is 5.73 Å². The Morgan fingerprint density at radius 3 is 3.17 bits per heavy atom. The standard InChI is InChI=1S/C8H5N2OS/c9-7(11)8-10-5-3-1-2-4-6(5)12-8/h1-2,4H,(H2,9,11). The zero-order valence-electron chi connectivity index (χ0n) is 6.07. The van der Waals surface area contributed by atoms with Crippen LogP contribution in [0.15, 0.2) is 18.2 Å². The average Bonchev–Trinajstić information content (AvgIpc) is 2.46. The van der Waals surface area contributed by atoms with E-state index in [1.165, 1.54) is 11.3 Å². The number of aromatic nitrogens is 1. The summed E-state index contributed by atoms with van der Waals surface area (Å²) in [6.45, 7) is 0. The van der Waals surface area contributed by atoms with Crippen LogP contribution in [0, 0.1) is 6.07 Å². The number of para-hydroxylation sites is 1. The van der Waals surface area contributed by atoms with Crippen molar-refractivity contribution >= 4 is 27.5 Å². The van der Waals surface area contributed by atoms with Crippen LogP contribution in [-0.2, 0) is 0 Å². The molecule has 1 aromatic carbocycles. The average molecular weight is 177 g/mol. The molecule has 59 valence electrons. The second kappa shape index (κ2) is 2.57. The van der Waals surface area contributed by atoms with Crippen molar-refractivity contribution in [2.24, 2.45) is 5.73 Å². The van der Waals surface area contributed by atoms with Crippen molar-refractivity contribution in [2.45, 2.75) is 0 Å². The molecule has 2 N–H and O–H groups in total. The summed E-state index contributed by atoms with van der Waals surface area (Å²) in [4.78, 5) is 14.7.